The number of carbonyl (C=O) groups is 3. The lowest BCUT2D eigenvalue weighted by molar-refractivity contribution is -0.144. The summed E-state index contributed by atoms with van der Waals surface area (Å²) in [6.07, 6.45) is 2.33. The van der Waals surface area contributed by atoms with Crippen molar-refractivity contribution in [1.29, 1.82) is 0 Å². The van der Waals surface area contributed by atoms with Gasteiger partial charge >= 0.3 is 5.97 Å². The number of hydrogen-bond acceptors (Lipinski definition) is 5. The third-order valence-corrected chi connectivity index (χ3v) is 4.13. The second kappa shape index (κ2) is 9.78. The highest BCUT2D eigenvalue weighted by Gasteiger charge is 2.27. The van der Waals surface area contributed by atoms with Gasteiger partial charge in [0.1, 0.15) is 6.61 Å². The molecule has 0 unspecified atom stereocenters. The van der Waals surface area contributed by atoms with Crippen molar-refractivity contribution >= 4 is 17.8 Å². The topological polar surface area (TPSA) is 102 Å². The van der Waals surface area contributed by atoms with E-state index in [1.807, 2.05) is 30.3 Å². The van der Waals surface area contributed by atoms with Gasteiger partial charge in [-0.05, 0) is 24.8 Å². The molecule has 1 heterocycles. The average Bonchev–Trinajstić information content (AvgIpc) is 3.15. The molecule has 2 amide bonds. The van der Waals surface area contributed by atoms with E-state index in [-0.39, 0.29) is 31.9 Å². The molecule has 7 nitrogen and oxygen atoms in total. The Labute approximate surface area is 147 Å². The van der Waals surface area contributed by atoms with Crippen LogP contribution in [0.4, 0.5) is 0 Å². The van der Waals surface area contributed by atoms with E-state index < -0.39 is 17.9 Å². The summed E-state index contributed by atoms with van der Waals surface area (Å²) in [5.41, 5.74) is 6.08. The van der Waals surface area contributed by atoms with Crippen molar-refractivity contribution in [3.8, 4) is 0 Å². The lowest BCUT2D eigenvalue weighted by Gasteiger charge is -2.23. The van der Waals surface area contributed by atoms with Crippen LogP contribution in [0.25, 0.3) is 0 Å². The Balaban J connectivity index is 1.81. The zero-order chi connectivity index (χ0) is 18.1. The average molecular weight is 347 g/mol. The molecule has 0 saturated carbocycles. The van der Waals surface area contributed by atoms with Crippen molar-refractivity contribution in [1.82, 2.24) is 10.2 Å². The molecule has 1 saturated heterocycles. The molecule has 0 radical (unpaired) electrons. The molecule has 0 spiro atoms. The molecule has 1 aliphatic rings. The highest BCUT2D eigenvalue weighted by atomic mass is 16.5. The maximum atomic E-state index is 12.5. The van der Waals surface area contributed by atoms with Crippen LogP contribution in [0.5, 0.6) is 0 Å². The first-order valence-electron chi connectivity index (χ1n) is 8.56. The fourth-order valence-electron chi connectivity index (χ4n) is 2.75. The first kappa shape index (κ1) is 18.9. The molecular weight excluding hydrogens is 322 g/mol. The van der Waals surface area contributed by atoms with Gasteiger partial charge in [-0.1, -0.05) is 30.3 Å². The van der Waals surface area contributed by atoms with E-state index >= 15 is 0 Å². The summed E-state index contributed by atoms with van der Waals surface area (Å²) in [7, 11) is 0. The Morgan fingerprint density at radius 1 is 1.16 bits per heavy atom. The van der Waals surface area contributed by atoms with E-state index in [2.05, 4.69) is 5.32 Å². The summed E-state index contributed by atoms with van der Waals surface area (Å²) in [6.45, 7) is 1.53. The third kappa shape index (κ3) is 6.54. The molecule has 3 N–H and O–H groups in total. The number of nitrogens with two attached hydrogens (primary N) is 1. The number of nitrogens with zero attached hydrogens (tertiary/aromatic N) is 1. The lowest BCUT2D eigenvalue weighted by atomic mass is 10.1. The van der Waals surface area contributed by atoms with Crippen LogP contribution in [0.2, 0.25) is 0 Å². The van der Waals surface area contributed by atoms with Crippen LogP contribution >= 0.6 is 0 Å². The van der Waals surface area contributed by atoms with E-state index in [1.165, 1.54) is 0 Å². The molecule has 1 aliphatic heterocycles. The Bertz CT molecular complexity index is 585. The van der Waals surface area contributed by atoms with Gasteiger partial charge in [-0.25, -0.2) is 0 Å². The minimum absolute atomic E-state index is 0.0875. The fourth-order valence-corrected chi connectivity index (χ4v) is 2.75. The molecule has 25 heavy (non-hydrogen) atoms. The van der Waals surface area contributed by atoms with Crippen molar-refractivity contribution in [2.75, 3.05) is 19.6 Å². The number of carbonyl (C=O) groups excluding carboxylic acids is 3. The van der Waals surface area contributed by atoms with Gasteiger partial charge in [0.05, 0.1) is 12.6 Å². The second-order valence-corrected chi connectivity index (χ2v) is 6.12. The summed E-state index contributed by atoms with van der Waals surface area (Å²) in [6, 6.07) is 8.77. The number of benzene rings is 1. The van der Waals surface area contributed by atoms with Gasteiger partial charge in [0, 0.05) is 19.5 Å². The normalized spacial score (nSPS) is 15.0. The highest BCUT2D eigenvalue weighted by molar-refractivity contribution is 5.84. The number of esters is 1. The Kier molecular flexibility index (Phi) is 7.40. The molecule has 1 atom stereocenters. The van der Waals surface area contributed by atoms with E-state index in [9.17, 15) is 14.4 Å². The van der Waals surface area contributed by atoms with Crippen LogP contribution in [-0.4, -0.2) is 48.4 Å². The van der Waals surface area contributed by atoms with Crippen molar-refractivity contribution < 1.29 is 19.1 Å². The summed E-state index contributed by atoms with van der Waals surface area (Å²) >= 11 is 0. The Morgan fingerprint density at radius 3 is 2.48 bits per heavy atom. The molecule has 0 aliphatic carbocycles. The number of amides is 2. The van der Waals surface area contributed by atoms with Gasteiger partial charge < -0.3 is 15.4 Å². The van der Waals surface area contributed by atoms with Gasteiger partial charge in [-0.3, -0.25) is 19.7 Å². The Hall–Kier alpha value is -2.41. The number of rotatable bonds is 9. The van der Waals surface area contributed by atoms with E-state index in [1.54, 1.807) is 4.90 Å². The quantitative estimate of drug-likeness (QED) is 0.636. The third-order valence-electron chi connectivity index (χ3n) is 4.13. The van der Waals surface area contributed by atoms with E-state index in [4.69, 9.17) is 10.5 Å². The predicted molar refractivity (Wildman–Crippen MR) is 92.3 cm³/mol. The highest BCUT2D eigenvalue weighted by Crippen LogP contribution is 2.11. The van der Waals surface area contributed by atoms with Crippen LogP contribution in [0, 0.1) is 0 Å². The van der Waals surface area contributed by atoms with Crippen LogP contribution < -0.4 is 11.1 Å². The second-order valence-electron chi connectivity index (χ2n) is 6.12. The van der Waals surface area contributed by atoms with Crippen LogP contribution in [0.15, 0.2) is 30.3 Å². The zero-order valence-corrected chi connectivity index (χ0v) is 14.3. The van der Waals surface area contributed by atoms with Gasteiger partial charge in [0.2, 0.25) is 11.8 Å². The standard InChI is InChI=1S/C18H25N3O4/c19-16(22)9-8-15(18(24)21-10-4-5-11-21)20-12-17(23)25-13-14-6-2-1-3-7-14/h1-3,6-7,15,20H,4-5,8-13H2,(H2,19,22)/t15-/m0/s1. The van der Waals surface area contributed by atoms with Gasteiger partial charge in [-0.2, -0.15) is 0 Å². The number of primary amides is 1. The SMILES string of the molecule is NC(=O)CC[C@H](NCC(=O)OCc1ccccc1)C(=O)N1CCCC1. The van der Waals surface area contributed by atoms with Gasteiger partial charge in [-0.15, -0.1) is 0 Å². The molecule has 1 fully saturated rings. The minimum Gasteiger partial charge on any atom is -0.460 e. The molecule has 2 rings (SSSR count). The van der Waals surface area contributed by atoms with Gasteiger partial charge in [0.15, 0.2) is 0 Å². The summed E-state index contributed by atoms with van der Waals surface area (Å²) < 4.78 is 5.19. The molecule has 0 aromatic heterocycles. The molecular formula is C18H25N3O4. The summed E-state index contributed by atoms with van der Waals surface area (Å²) in [5, 5.41) is 2.91. The molecule has 1 aromatic carbocycles. The number of ether oxygens (including phenoxy) is 1. The minimum atomic E-state index is -0.602. The summed E-state index contributed by atoms with van der Waals surface area (Å²) in [5.74, 6) is -0.996. The first-order valence-corrected chi connectivity index (χ1v) is 8.56. The van der Waals surface area contributed by atoms with Crippen molar-refractivity contribution in [2.24, 2.45) is 5.73 Å². The first-order chi connectivity index (χ1) is 12.1. The fraction of sp³-hybridized carbons (Fsp3) is 0.500. The predicted octanol–water partition coefficient (Wildman–Crippen LogP) is 0.576. The van der Waals surface area contributed by atoms with Crippen molar-refractivity contribution in [2.45, 2.75) is 38.3 Å². The summed E-state index contributed by atoms with van der Waals surface area (Å²) in [4.78, 5) is 37.2. The smallest absolute Gasteiger partial charge is 0.320 e. The maximum absolute atomic E-state index is 12.5. The number of hydrogen-bond donors (Lipinski definition) is 2. The zero-order valence-electron chi connectivity index (χ0n) is 14.3. The lowest BCUT2D eigenvalue weighted by Crippen LogP contribution is -2.47. The molecule has 1 aromatic rings. The maximum Gasteiger partial charge on any atom is 0.320 e. The van der Waals surface area contributed by atoms with Crippen molar-refractivity contribution in [3.05, 3.63) is 35.9 Å². The number of nitrogens with one attached hydrogen (secondary N) is 1. The van der Waals surface area contributed by atoms with Crippen molar-refractivity contribution in [3.63, 3.8) is 0 Å². The van der Waals surface area contributed by atoms with E-state index in [0.717, 1.165) is 18.4 Å². The number of likely N-dealkylation sites (tertiary alicyclic amines) is 1. The molecule has 7 heteroatoms. The van der Waals surface area contributed by atoms with E-state index in [0.29, 0.717) is 13.1 Å². The largest absolute Gasteiger partial charge is 0.460 e. The molecule has 0 bridgehead atoms. The van der Waals surface area contributed by atoms with Crippen LogP contribution in [0.1, 0.15) is 31.2 Å². The Morgan fingerprint density at radius 2 is 1.84 bits per heavy atom. The van der Waals surface area contributed by atoms with Crippen LogP contribution in [0.3, 0.4) is 0 Å². The van der Waals surface area contributed by atoms with Gasteiger partial charge in [0.25, 0.3) is 0 Å². The van der Waals surface area contributed by atoms with Crippen LogP contribution in [-0.2, 0) is 25.7 Å². The molecule has 136 valence electrons. The monoisotopic (exact) mass is 347 g/mol.